The number of nitriles is 1. The maximum atomic E-state index is 8.69. The molecule has 0 radical (unpaired) electrons. The van der Waals surface area contributed by atoms with Gasteiger partial charge in [0.15, 0.2) is 0 Å². The van der Waals surface area contributed by atoms with Crippen molar-refractivity contribution in [2.75, 3.05) is 11.1 Å². The molecule has 1 atom stereocenters. The van der Waals surface area contributed by atoms with Crippen molar-refractivity contribution in [3.8, 4) is 6.07 Å². The zero-order valence-electron chi connectivity index (χ0n) is 9.25. The number of nitrogens with two attached hydrogens (primary N) is 1. The summed E-state index contributed by atoms with van der Waals surface area (Å²) in [5.74, 6) is 0. The first-order valence-corrected chi connectivity index (χ1v) is 5.23. The van der Waals surface area contributed by atoms with Crippen molar-refractivity contribution >= 4 is 11.4 Å². The second-order valence-corrected chi connectivity index (χ2v) is 3.75. The minimum atomic E-state index is 0.408. The van der Waals surface area contributed by atoms with E-state index >= 15 is 0 Å². The fourth-order valence-electron chi connectivity index (χ4n) is 1.53. The van der Waals surface area contributed by atoms with Gasteiger partial charge in [-0.3, -0.25) is 0 Å². The van der Waals surface area contributed by atoms with Crippen LogP contribution in [0.25, 0.3) is 0 Å². The Kier molecular flexibility index (Phi) is 3.99. The summed E-state index contributed by atoms with van der Waals surface area (Å²) in [5, 5.41) is 12.0. The van der Waals surface area contributed by atoms with Crippen LogP contribution in [0.4, 0.5) is 11.4 Å². The predicted molar refractivity (Wildman–Crippen MR) is 63.6 cm³/mol. The Morgan fingerprint density at radius 1 is 1.53 bits per heavy atom. The van der Waals surface area contributed by atoms with E-state index in [9.17, 15) is 0 Å². The van der Waals surface area contributed by atoms with Crippen LogP contribution in [0.15, 0.2) is 18.2 Å². The summed E-state index contributed by atoms with van der Waals surface area (Å²) >= 11 is 0. The Morgan fingerprint density at radius 3 is 2.80 bits per heavy atom. The van der Waals surface area contributed by atoms with Crippen LogP contribution >= 0.6 is 0 Å². The van der Waals surface area contributed by atoms with Gasteiger partial charge in [0.1, 0.15) is 0 Å². The molecule has 0 aliphatic rings. The van der Waals surface area contributed by atoms with E-state index in [1.165, 1.54) is 0 Å². The van der Waals surface area contributed by atoms with Gasteiger partial charge in [0.05, 0.1) is 23.0 Å². The number of hydrogen-bond donors (Lipinski definition) is 2. The van der Waals surface area contributed by atoms with E-state index in [4.69, 9.17) is 11.0 Å². The third kappa shape index (κ3) is 3.17. The summed E-state index contributed by atoms with van der Waals surface area (Å²) < 4.78 is 0. The van der Waals surface area contributed by atoms with Crippen molar-refractivity contribution in [2.24, 2.45) is 0 Å². The first kappa shape index (κ1) is 11.4. The van der Waals surface area contributed by atoms with Crippen LogP contribution in [-0.4, -0.2) is 6.04 Å². The van der Waals surface area contributed by atoms with Gasteiger partial charge in [-0.25, -0.2) is 0 Å². The predicted octanol–water partition coefficient (Wildman–Crippen LogP) is 2.74. The Bertz CT molecular complexity index is 366. The number of nitrogens with one attached hydrogen (secondary N) is 1. The number of benzene rings is 1. The van der Waals surface area contributed by atoms with E-state index in [0.29, 0.717) is 17.3 Å². The summed E-state index contributed by atoms with van der Waals surface area (Å²) in [6.45, 7) is 4.28. The average Bonchev–Trinajstić information content (AvgIpc) is 2.21. The van der Waals surface area contributed by atoms with Crippen molar-refractivity contribution in [2.45, 2.75) is 32.7 Å². The smallest absolute Gasteiger partial charge is 0.0992 e. The molecule has 0 fully saturated rings. The molecule has 15 heavy (non-hydrogen) atoms. The lowest BCUT2D eigenvalue weighted by atomic mass is 10.1. The van der Waals surface area contributed by atoms with E-state index in [-0.39, 0.29) is 0 Å². The van der Waals surface area contributed by atoms with Crippen LogP contribution in [0.2, 0.25) is 0 Å². The maximum absolute atomic E-state index is 8.69. The number of nitrogen functional groups attached to an aromatic ring is 1. The molecular formula is C12H17N3. The summed E-state index contributed by atoms with van der Waals surface area (Å²) in [6.07, 6.45) is 2.25. The minimum Gasteiger partial charge on any atom is -0.397 e. The van der Waals surface area contributed by atoms with Gasteiger partial charge >= 0.3 is 0 Å². The van der Waals surface area contributed by atoms with Gasteiger partial charge in [0.2, 0.25) is 0 Å². The van der Waals surface area contributed by atoms with Crippen molar-refractivity contribution in [1.82, 2.24) is 0 Å². The van der Waals surface area contributed by atoms with E-state index in [1.54, 1.807) is 12.1 Å². The molecule has 0 spiro atoms. The minimum absolute atomic E-state index is 0.408. The van der Waals surface area contributed by atoms with Gasteiger partial charge in [0.25, 0.3) is 0 Å². The van der Waals surface area contributed by atoms with Crippen LogP contribution in [-0.2, 0) is 0 Å². The number of nitrogens with zero attached hydrogens (tertiary/aromatic N) is 1. The van der Waals surface area contributed by atoms with E-state index in [2.05, 4.69) is 25.2 Å². The standard InChI is InChI=1S/C12H17N3/c1-3-4-9(2)15-12-6-5-10(8-13)7-11(12)14/h5-7,9,15H,3-4,14H2,1-2H3. The van der Waals surface area contributed by atoms with Crippen molar-refractivity contribution < 1.29 is 0 Å². The zero-order chi connectivity index (χ0) is 11.3. The number of hydrogen-bond acceptors (Lipinski definition) is 3. The molecule has 0 bridgehead atoms. The van der Waals surface area contributed by atoms with Gasteiger partial charge in [-0.1, -0.05) is 13.3 Å². The van der Waals surface area contributed by atoms with Crippen LogP contribution in [0.3, 0.4) is 0 Å². The van der Waals surface area contributed by atoms with Crippen LogP contribution < -0.4 is 11.1 Å². The second kappa shape index (κ2) is 5.26. The number of rotatable bonds is 4. The fourth-order valence-corrected chi connectivity index (χ4v) is 1.53. The largest absolute Gasteiger partial charge is 0.397 e. The van der Waals surface area contributed by atoms with E-state index in [1.807, 2.05) is 6.07 Å². The number of anilines is 2. The van der Waals surface area contributed by atoms with Gasteiger partial charge in [0, 0.05) is 6.04 Å². The summed E-state index contributed by atoms with van der Waals surface area (Å²) in [7, 11) is 0. The molecule has 0 saturated heterocycles. The highest BCUT2D eigenvalue weighted by atomic mass is 14.9. The normalized spacial score (nSPS) is 11.8. The van der Waals surface area contributed by atoms with Crippen molar-refractivity contribution in [3.63, 3.8) is 0 Å². The van der Waals surface area contributed by atoms with Crippen molar-refractivity contribution in [3.05, 3.63) is 23.8 Å². The lowest BCUT2D eigenvalue weighted by Crippen LogP contribution is -2.15. The molecule has 0 heterocycles. The molecule has 0 aliphatic heterocycles. The van der Waals surface area contributed by atoms with Crippen molar-refractivity contribution in [1.29, 1.82) is 5.26 Å². The summed E-state index contributed by atoms with van der Waals surface area (Å²) in [5.41, 5.74) is 7.97. The summed E-state index contributed by atoms with van der Waals surface area (Å²) in [6, 6.07) is 7.81. The molecular weight excluding hydrogens is 186 g/mol. The quantitative estimate of drug-likeness (QED) is 0.739. The fraction of sp³-hybridized carbons (Fsp3) is 0.417. The molecule has 0 amide bonds. The van der Waals surface area contributed by atoms with Gasteiger partial charge < -0.3 is 11.1 Å². The van der Waals surface area contributed by atoms with E-state index in [0.717, 1.165) is 18.5 Å². The molecule has 3 nitrogen and oxygen atoms in total. The monoisotopic (exact) mass is 203 g/mol. The topological polar surface area (TPSA) is 61.8 Å². The Labute approximate surface area is 90.9 Å². The Hall–Kier alpha value is -1.69. The van der Waals surface area contributed by atoms with Crippen LogP contribution in [0.5, 0.6) is 0 Å². The van der Waals surface area contributed by atoms with Gasteiger partial charge in [-0.2, -0.15) is 5.26 Å². The highest BCUT2D eigenvalue weighted by Gasteiger charge is 2.04. The molecule has 1 aromatic rings. The highest BCUT2D eigenvalue weighted by Crippen LogP contribution is 2.21. The molecule has 1 aromatic carbocycles. The Balaban J connectivity index is 2.74. The van der Waals surface area contributed by atoms with Gasteiger partial charge in [-0.05, 0) is 31.5 Å². The molecule has 80 valence electrons. The van der Waals surface area contributed by atoms with Crippen LogP contribution in [0, 0.1) is 11.3 Å². The second-order valence-electron chi connectivity index (χ2n) is 3.75. The maximum Gasteiger partial charge on any atom is 0.0992 e. The first-order chi connectivity index (χ1) is 7.17. The molecule has 3 heteroatoms. The Morgan fingerprint density at radius 2 is 2.27 bits per heavy atom. The third-order valence-corrected chi connectivity index (χ3v) is 2.30. The highest BCUT2D eigenvalue weighted by molar-refractivity contribution is 5.68. The molecule has 0 aromatic heterocycles. The lowest BCUT2D eigenvalue weighted by Gasteiger charge is -2.15. The molecule has 0 aliphatic carbocycles. The average molecular weight is 203 g/mol. The van der Waals surface area contributed by atoms with Crippen LogP contribution in [0.1, 0.15) is 32.3 Å². The molecule has 0 saturated carbocycles. The summed E-state index contributed by atoms with van der Waals surface area (Å²) in [4.78, 5) is 0. The van der Waals surface area contributed by atoms with E-state index < -0.39 is 0 Å². The van der Waals surface area contributed by atoms with Gasteiger partial charge in [-0.15, -0.1) is 0 Å². The molecule has 1 unspecified atom stereocenters. The SMILES string of the molecule is CCCC(C)Nc1ccc(C#N)cc1N. The first-order valence-electron chi connectivity index (χ1n) is 5.23. The molecule has 1 rings (SSSR count). The molecule has 3 N–H and O–H groups in total. The third-order valence-electron chi connectivity index (χ3n) is 2.30. The lowest BCUT2D eigenvalue weighted by molar-refractivity contribution is 0.691. The zero-order valence-corrected chi connectivity index (χ0v) is 9.25.